The number of rotatable bonds is 7. The molecule has 0 saturated heterocycles. The van der Waals surface area contributed by atoms with Gasteiger partial charge in [0, 0.05) is 18.3 Å². The molecule has 8 nitrogen and oxygen atoms in total. The molecule has 3 rings (SSSR count). The van der Waals surface area contributed by atoms with Gasteiger partial charge in [-0.05, 0) is 31.2 Å². The van der Waals surface area contributed by atoms with Gasteiger partial charge in [-0.25, -0.2) is 4.98 Å². The van der Waals surface area contributed by atoms with Crippen LogP contribution in [0.15, 0.2) is 35.0 Å². The fourth-order valence-corrected chi connectivity index (χ4v) is 2.61. The lowest BCUT2D eigenvalue weighted by Gasteiger charge is -2.16. The van der Waals surface area contributed by atoms with Crippen molar-refractivity contribution < 1.29 is 18.7 Å². The maximum atomic E-state index is 5.51. The number of hydrogen-bond donors (Lipinski definition) is 1. The Labute approximate surface area is 151 Å². The molecule has 0 atom stereocenters. The molecule has 0 aliphatic carbocycles. The third kappa shape index (κ3) is 3.39. The number of benzene rings is 1. The number of anilines is 1. The highest BCUT2D eigenvalue weighted by Crippen LogP contribution is 2.40. The highest BCUT2D eigenvalue weighted by atomic mass is 16.5. The van der Waals surface area contributed by atoms with E-state index in [1.165, 1.54) is 0 Å². The number of pyridine rings is 1. The lowest BCUT2D eigenvalue weighted by Crippen LogP contribution is -2.06. The van der Waals surface area contributed by atoms with Gasteiger partial charge in [0.1, 0.15) is 5.82 Å². The fraction of sp³-hybridized carbons (Fsp3) is 0.278. The average Bonchev–Trinajstić information content (AvgIpc) is 3.11. The van der Waals surface area contributed by atoms with Crippen LogP contribution < -0.4 is 19.5 Å². The maximum absolute atomic E-state index is 5.51. The lowest BCUT2D eigenvalue weighted by atomic mass is 10.1. The Morgan fingerprint density at radius 2 is 1.85 bits per heavy atom. The summed E-state index contributed by atoms with van der Waals surface area (Å²) in [5, 5.41) is 7.12. The van der Waals surface area contributed by atoms with Crippen LogP contribution in [-0.2, 0) is 6.54 Å². The van der Waals surface area contributed by atoms with E-state index in [9.17, 15) is 0 Å². The van der Waals surface area contributed by atoms with Crippen molar-refractivity contribution in [3.63, 3.8) is 0 Å². The largest absolute Gasteiger partial charge is 0.493 e. The van der Waals surface area contributed by atoms with Gasteiger partial charge in [-0.2, -0.15) is 4.98 Å². The molecule has 0 unspecified atom stereocenters. The Balaban J connectivity index is 1.89. The summed E-state index contributed by atoms with van der Waals surface area (Å²) in [6, 6.07) is 7.43. The lowest BCUT2D eigenvalue weighted by molar-refractivity contribution is 0.322. The molecule has 136 valence electrons. The van der Waals surface area contributed by atoms with E-state index in [0.717, 1.165) is 11.1 Å². The Bertz CT molecular complexity index is 895. The molecular formula is C18H20N4O4. The Hall–Kier alpha value is -3.29. The second-order valence-corrected chi connectivity index (χ2v) is 5.39. The highest BCUT2D eigenvalue weighted by Gasteiger charge is 2.17. The summed E-state index contributed by atoms with van der Waals surface area (Å²) in [4.78, 5) is 8.64. The molecule has 8 heteroatoms. The van der Waals surface area contributed by atoms with E-state index in [4.69, 9.17) is 18.7 Å². The van der Waals surface area contributed by atoms with Crippen molar-refractivity contribution in [2.24, 2.45) is 0 Å². The van der Waals surface area contributed by atoms with Crippen LogP contribution >= 0.6 is 0 Å². The van der Waals surface area contributed by atoms with E-state index >= 15 is 0 Å². The first-order chi connectivity index (χ1) is 12.7. The van der Waals surface area contributed by atoms with Crippen LogP contribution in [0.1, 0.15) is 11.4 Å². The maximum Gasteiger partial charge on any atom is 0.261 e. The normalized spacial score (nSPS) is 10.5. The number of nitrogens with zero attached hydrogens (tertiary/aromatic N) is 3. The van der Waals surface area contributed by atoms with Crippen LogP contribution in [0, 0.1) is 6.92 Å². The van der Waals surface area contributed by atoms with Gasteiger partial charge < -0.3 is 24.1 Å². The van der Waals surface area contributed by atoms with Gasteiger partial charge in [0.2, 0.25) is 5.75 Å². The summed E-state index contributed by atoms with van der Waals surface area (Å²) in [6.07, 6.45) is 1.70. The molecule has 1 N–H and O–H groups in total. The molecule has 26 heavy (non-hydrogen) atoms. The van der Waals surface area contributed by atoms with Crippen molar-refractivity contribution in [1.82, 2.24) is 15.1 Å². The minimum atomic E-state index is 0.414. The summed E-state index contributed by atoms with van der Waals surface area (Å²) < 4.78 is 21.5. The average molecular weight is 356 g/mol. The van der Waals surface area contributed by atoms with Gasteiger partial charge in [0.05, 0.1) is 26.9 Å². The molecule has 0 bridgehead atoms. The number of methoxy groups -OCH3 is 3. The van der Waals surface area contributed by atoms with Crippen LogP contribution in [0.25, 0.3) is 11.5 Å². The molecule has 2 aromatic heterocycles. The van der Waals surface area contributed by atoms with Crippen LogP contribution in [0.5, 0.6) is 17.2 Å². The number of aryl methyl sites for hydroxylation is 1. The second kappa shape index (κ2) is 7.73. The number of hydrogen-bond acceptors (Lipinski definition) is 8. The third-order valence-corrected chi connectivity index (χ3v) is 3.80. The summed E-state index contributed by atoms with van der Waals surface area (Å²) in [7, 11) is 4.75. The van der Waals surface area contributed by atoms with Gasteiger partial charge in [-0.3, -0.25) is 0 Å². The summed E-state index contributed by atoms with van der Waals surface area (Å²) in [6.45, 7) is 2.23. The van der Waals surface area contributed by atoms with E-state index in [1.54, 1.807) is 34.4 Å². The second-order valence-electron chi connectivity index (χ2n) is 5.39. The predicted molar refractivity (Wildman–Crippen MR) is 95.7 cm³/mol. The van der Waals surface area contributed by atoms with E-state index in [-0.39, 0.29) is 0 Å². The molecule has 0 saturated carbocycles. The molecule has 1 aromatic carbocycles. The zero-order valence-corrected chi connectivity index (χ0v) is 15.1. The Morgan fingerprint density at radius 1 is 1.04 bits per heavy atom. The standard InChI is InChI=1S/C18H20N4O4/c1-11-21-18(26-22-11)13-6-5-9-19-17(13)20-10-12-7-8-14(23-2)16(25-4)15(12)24-3/h5-9H,10H2,1-4H3,(H,19,20). The molecule has 2 heterocycles. The van der Waals surface area contributed by atoms with Gasteiger partial charge in [-0.1, -0.05) is 5.16 Å². The molecule has 3 aromatic rings. The summed E-state index contributed by atoms with van der Waals surface area (Å²) >= 11 is 0. The van der Waals surface area contributed by atoms with E-state index < -0.39 is 0 Å². The van der Waals surface area contributed by atoms with Gasteiger partial charge in [-0.15, -0.1) is 0 Å². The van der Waals surface area contributed by atoms with Crippen molar-refractivity contribution in [3.05, 3.63) is 41.9 Å². The molecule has 0 spiro atoms. The van der Waals surface area contributed by atoms with Crippen LogP contribution in [0.3, 0.4) is 0 Å². The monoisotopic (exact) mass is 356 g/mol. The molecule has 0 radical (unpaired) electrons. The van der Waals surface area contributed by atoms with Crippen LogP contribution in [-0.4, -0.2) is 36.5 Å². The molecule has 0 amide bonds. The number of aromatic nitrogens is 3. The van der Waals surface area contributed by atoms with Crippen molar-refractivity contribution in [2.45, 2.75) is 13.5 Å². The molecule has 0 fully saturated rings. The minimum Gasteiger partial charge on any atom is -0.493 e. The first-order valence-corrected chi connectivity index (χ1v) is 7.95. The third-order valence-electron chi connectivity index (χ3n) is 3.80. The Kier molecular flexibility index (Phi) is 5.21. The fourth-order valence-electron chi connectivity index (χ4n) is 2.61. The SMILES string of the molecule is COc1ccc(CNc2ncccc2-c2nc(C)no2)c(OC)c1OC. The first kappa shape index (κ1) is 17.5. The van der Waals surface area contributed by atoms with Gasteiger partial charge in [0.25, 0.3) is 5.89 Å². The van der Waals surface area contributed by atoms with Crippen LogP contribution in [0.4, 0.5) is 5.82 Å². The zero-order chi connectivity index (χ0) is 18.5. The van der Waals surface area contributed by atoms with Crippen molar-refractivity contribution in [2.75, 3.05) is 26.6 Å². The quantitative estimate of drug-likeness (QED) is 0.690. The first-order valence-electron chi connectivity index (χ1n) is 7.95. The smallest absolute Gasteiger partial charge is 0.261 e. The minimum absolute atomic E-state index is 0.414. The number of ether oxygens (including phenoxy) is 3. The van der Waals surface area contributed by atoms with E-state index in [1.807, 2.05) is 24.3 Å². The van der Waals surface area contributed by atoms with E-state index in [0.29, 0.717) is 41.3 Å². The summed E-state index contributed by atoms with van der Waals surface area (Å²) in [5.41, 5.74) is 1.62. The molecular weight excluding hydrogens is 336 g/mol. The number of nitrogens with one attached hydrogen (secondary N) is 1. The highest BCUT2D eigenvalue weighted by molar-refractivity contribution is 5.69. The van der Waals surface area contributed by atoms with Gasteiger partial charge in [0.15, 0.2) is 17.3 Å². The van der Waals surface area contributed by atoms with Crippen molar-refractivity contribution >= 4 is 5.82 Å². The van der Waals surface area contributed by atoms with Crippen molar-refractivity contribution in [1.29, 1.82) is 0 Å². The van der Waals surface area contributed by atoms with Crippen LogP contribution in [0.2, 0.25) is 0 Å². The molecule has 0 aliphatic heterocycles. The van der Waals surface area contributed by atoms with E-state index in [2.05, 4.69) is 20.4 Å². The Morgan fingerprint density at radius 3 is 2.50 bits per heavy atom. The zero-order valence-electron chi connectivity index (χ0n) is 15.1. The summed E-state index contributed by atoms with van der Waals surface area (Å²) in [5.74, 6) is 3.36. The predicted octanol–water partition coefficient (Wildman–Crippen LogP) is 3.08. The molecule has 0 aliphatic rings. The van der Waals surface area contributed by atoms with Gasteiger partial charge >= 0.3 is 0 Å². The topological polar surface area (TPSA) is 91.5 Å². The van der Waals surface area contributed by atoms with Crippen molar-refractivity contribution in [3.8, 4) is 28.7 Å².